The average molecular weight is 331 g/mol. The van der Waals surface area contributed by atoms with Crippen molar-refractivity contribution in [2.75, 3.05) is 11.9 Å². The zero-order valence-corrected chi connectivity index (χ0v) is 14.1. The summed E-state index contributed by atoms with van der Waals surface area (Å²) in [5, 5.41) is 19.4. The maximum Gasteiger partial charge on any atom is 0.319 e. The van der Waals surface area contributed by atoms with Crippen molar-refractivity contribution in [1.29, 1.82) is 0 Å². The largest absolute Gasteiger partial charge is 0.352 e. The zero-order chi connectivity index (χ0) is 17.7. The Morgan fingerprint density at radius 1 is 1.33 bits per heavy atom. The van der Waals surface area contributed by atoms with Crippen molar-refractivity contribution in [2.45, 2.75) is 26.8 Å². The molecule has 0 saturated carbocycles. The molecule has 1 heterocycles. The van der Waals surface area contributed by atoms with Gasteiger partial charge in [0, 0.05) is 24.8 Å². The van der Waals surface area contributed by atoms with Gasteiger partial charge in [0.15, 0.2) is 5.82 Å². The molecule has 3 amide bonds. The Kier molecular flexibility index (Phi) is 5.46. The summed E-state index contributed by atoms with van der Waals surface area (Å²) >= 11 is 0. The fourth-order valence-corrected chi connectivity index (χ4v) is 2.18. The number of benzene rings is 1. The minimum Gasteiger partial charge on any atom is -0.352 e. The number of aryl methyl sites for hydroxylation is 2. The molecule has 0 bridgehead atoms. The van der Waals surface area contributed by atoms with Gasteiger partial charge >= 0.3 is 6.03 Å². The topological polar surface area (TPSA) is 114 Å². The summed E-state index contributed by atoms with van der Waals surface area (Å²) in [6.07, 6.45) is 0. The van der Waals surface area contributed by atoms with Crippen LogP contribution in [-0.4, -0.2) is 38.7 Å². The molecule has 0 aliphatic carbocycles. The lowest BCUT2D eigenvalue weighted by molar-refractivity contribution is 0.0956. The Balaban J connectivity index is 2.07. The normalized spacial score (nSPS) is 11.7. The predicted molar refractivity (Wildman–Crippen MR) is 88.6 cm³/mol. The van der Waals surface area contributed by atoms with Gasteiger partial charge in [-0.3, -0.25) is 4.79 Å². The summed E-state index contributed by atoms with van der Waals surface area (Å²) < 4.78 is 1.49. The van der Waals surface area contributed by atoms with Crippen LogP contribution in [0.15, 0.2) is 18.2 Å². The van der Waals surface area contributed by atoms with Crippen molar-refractivity contribution in [3.63, 3.8) is 0 Å². The first-order chi connectivity index (χ1) is 11.4. The van der Waals surface area contributed by atoms with Crippen molar-refractivity contribution in [3.8, 4) is 0 Å². The predicted octanol–water partition coefficient (Wildman–Crippen LogP) is 1.15. The second-order valence-electron chi connectivity index (χ2n) is 5.37. The summed E-state index contributed by atoms with van der Waals surface area (Å²) in [6.45, 7) is 6.02. The number of hydrogen-bond donors (Lipinski definition) is 3. The standard InChI is InChI=1S/C15H21N7O2/c1-5-16-14(23)11-7-6-9(2)12(8-11)18-15(24)17-10(3)13-19-20-21-22(13)4/h6-8,10H,5H2,1-4H3,(H,16,23)(H2,17,18,24)/t10-/m1/s1. The van der Waals surface area contributed by atoms with E-state index in [4.69, 9.17) is 0 Å². The van der Waals surface area contributed by atoms with E-state index in [0.717, 1.165) is 5.56 Å². The average Bonchev–Trinajstić information content (AvgIpc) is 2.95. The molecular weight excluding hydrogens is 310 g/mol. The van der Waals surface area contributed by atoms with Crippen molar-refractivity contribution in [3.05, 3.63) is 35.2 Å². The van der Waals surface area contributed by atoms with Crippen LogP contribution in [0.3, 0.4) is 0 Å². The van der Waals surface area contributed by atoms with E-state index in [9.17, 15) is 9.59 Å². The number of carbonyl (C=O) groups is 2. The summed E-state index contributed by atoms with van der Waals surface area (Å²) in [5.74, 6) is 0.359. The third-order valence-electron chi connectivity index (χ3n) is 3.47. The van der Waals surface area contributed by atoms with Gasteiger partial charge in [0.05, 0.1) is 6.04 Å². The molecule has 9 nitrogen and oxygen atoms in total. The highest BCUT2D eigenvalue weighted by Crippen LogP contribution is 2.17. The SMILES string of the molecule is CCNC(=O)c1ccc(C)c(NC(=O)N[C@H](C)c2nnnn2C)c1. The molecule has 2 aromatic rings. The van der Waals surface area contributed by atoms with Gasteiger partial charge in [0.2, 0.25) is 0 Å². The molecular formula is C15H21N7O2. The molecule has 0 saturated heterocycles. The van der Waals surface area contributed by atoms with Crippen molar-refractivity contribution in [2.24, 2.45) is 7.05 Å². The van der Waals surface area contributed by atoms with Crippen LogP contribution in [0, 0.1) is 6.92 Å². The second kappa shape index (κ2) is 7.53. The van der Waals surface area contributed by atoms with E-state index in [1.54, 1.807) is 32.2 Å². The van der Waals surface area contributed by atoms with Crippen LogP contribution in [-0.2, 0) is 7.05 Å². The third-order valence-corrected chi connectivity index (χ3v) is 3.47. The van der Waals surface area contributed by atoms with E-state index in [0.29, 0.717) is 23.6 Å². The number of tetrazole rings is 1. The van der Waals surface area contributed by atoms with Gasteiger partial charge in [-0.25, -0.2) is 9.48 Å². The lowest BCUT2D eigenvalue weighted by Gasteiger charge is -2.15. The highest BCUT2D eigenvalue weighted by Gasteiger charge is 2.16. The van der Waals surface area contributed by atoms with Crippen LogP contribution in [0.5, 0.6) is 0 Å². The summed E-state index contributed by atoms with van der Waals surface area (Å²) in [4.78, 5) is 24.1. The minimum absolute atomic E-state index is 0.181. The monoisotopic (exact) mass is 331 g/mol. The van der Waals surface area contributed by atoms with Crippen LogP contribution < -0.4 is 16.0 Å². The van der Waals surface area contributed by atoms with E-state index < -0.39 is 6.03 Å². The zero-order valence-electron chi connectivity index (χ0n) is 14.1. The van der Waals surface area contributed by atoms with E-state index in [1.165, 1.54) is 4.68 Å². The Morgan fingerprint density at radius 3 is 2.71 bits per heavy atom. The van der Waals surface area contributed by atoms with Gasteiger partial charge in [-0.05, 0) is 48.9 Å². The van der Waals surface area contributed by atoms with Crippen LogP contribution in [0.25, 0.3) is 0 Å². The van der Waals surface area contributed by atoms with Gasteiger partial charge in [-0.1, -0.05) is 6.07 Å². The molecule has 128 valence electrons. The van der Waals surface area contributed by atoms with E-state index in [1.807, 2.05) is 13.8 Å². The maximum atomic E-state index is 12.2. The van der Waals surface area contributed by atoms with Gasteiger partial charge in [0.1, 0.15) is 0 Å². The summed E-state index contributed by atoms with van der Waals surface area (Å²) in [5.41, 5.74) is 1.91. The summed E-state index contributed by atoms with van der Waals surface area (Å²) in [7, 11) is 1.70. The number of aromatic nitrogens is 4. The molecule has 1 atom stereocenters. The molecule has 1 aromatic carbocycles. The highest BCUT2D eigenvalue weighted by atomic mass is 16.2. The first kappa shape index (κ1) is 17.4. The van der Waals surface area contributed by atoms with Gasteiger partial charge in [-0.2, -0.15) is 0 Å². The smallest absolute Gasteiger partial charge is 0.319 e. The molecule has 1 aromatic heterocycles. The molecule has 2 rings (SSSR count). The lowest BCUT2D eigenvalue weighted by Crippen LogP contribution is -2.33. The Labute approximate surface area is 139 Å². The molecule has 0 unspecified atom stereocenters. The molecule has 0 spiro atoms. The second-order valence-corrected chi connectivity index (χ2v) is 5.37. The minimum atomic E-state index is -0.401. The van der Waals surface area contributed by atoms with Crippen molar-refractivity contribution < 1.29 is 9.59 Å². The number of anilines is 1. The number of urea groups is 1. The third kappa shape index (κ3) is 4.06. The van der Waals surface area contributed by atoms with Crippen LogP contribution in [0.1, 0.15) is 41.6 Å². The van der Waals surface area contributed by atoms with Crippen molar-refractivity contribution >= 4 is 17.6 Å². The number of rotatable bonds is 5. The van der Waals surface area contributed by atoms with Gasteiger partial charge in [0.25, 0.3) is 5.91 Å². The number of nitrogens with zero attached hydrogens (tertiary/aromatic N) is 4. The molecule has 24 heavy (non-hydrogen) atoms. The fourth-order valence-electron chi connectivity index (χ4n) is 2.18. The highest BCUT2D eigenvalue weighted by molar-refractivity contribution is 5.97. The fraction of sp³-hybridized carbons (Fsp3) is 0.400. The van der Waals surface area contributed by atoms with Crippen LogP contribution >= 0.6 is 0 Å². The molecule has 0 aliphatic rings. The van der Waals surface area contributed by atoms with Gasteiger partial charge in [-0.15, -0.1) is 5.10 Å². The molecule has 0 radical (unpaired) electrons. The first-order valence-electron chi connectivity index (χ1n) is 7.61. The van der Waals surface area contributed by atoms with Crippen molar-refractivity contribution in [1.82, 2.24) is 30.8 Å². The van der Waals surface area contributed by atoms with E-state index >= 15 is 0 Å². The maximum absolute atomic E-state index is 12.2. The van der Waals surface area contributed by atoms with Crippen LogP contribution in [0.2, 0.25) is 0 Å². The molecule has 0 aliphatic heterocycles. The number of carbonyl (C=O) groups excluding carboxylic acids is 2. The van der Waals surface area contributed by atoms with Gasteiger partial charge < -0.3 is 16.0 Å². The number of hydrogen-bond acceptors (Lipinski definition) is 5. The summed E-state index contributed by atoms with van der Waals surface area (Å²) in [6, 6.07) is 4.39. The molecule has 9 heteroatoms. The lowest BCUT2D eigenvalue weighted by atomic mass is 10.1. The molecule has 0 fully saturated rings. The number of nitrogens with one attached hydrogen (secondary N) is 3. The van der Waals surface area contributed by atoms with E-state index in [-0.39, 0.29) is 11.9 Å². The quantitative estimate of drug-likeness (QED) is 0.760. The first-order valence-corrected chi connectivity index (χ1v) is 7.61. The Bertz CT molecular complexity index is 741. The van der Waals surface area contributed by atoms with E-state index in [2.05, 4.69) is 31.5 Å². The molecule has 3 N–H and O–H groups in total. The van der Waals surface area contributed by atoms with Crippen LogP contribution in [0.4, 0.5) is 10.5 Å². The number of amides is 3. The Hall–Kier alpha value is -2.97. The Morgan fingerprint density at radius 2 is 2.08 bits per heavy atom.